The van der Waals surface area contributed by atoms with Crippen molar-refractivity contribution in [1.82, 2.24) is 4.72 Å². The van der Waals surface area contributed by atoms with Crippen LogP contribution in [0.2, 0.25) is 0 Å². The first-order valence-corrected chi connectivity index (χ1v) is 11.0. The van der Waals surface area contributed by atoms with E-state index in [4.69, 9.17) is 4.74 Å². The van der Waals surface area contributed by atoms with Crippen molar-refractivity contribution in [3.8, 4) is 5.75 Å². The SMILES string of the molecule is CCOc1ccc(C)cc1S(=O)(=O)NCCc1ccc(N2CCCC2)cc1. The van der Waals surface area contributed by atoms with Gasteiger partial charge in [-0.3, -0.25) is 0 Å². The Balaban J connectivity index is 1.61. The van der Waals surface area contributed by atoms with E-state index in [9.17, 15) is 8.42 Å². The molecule has 1 N–H and O–H groups in total. The van der Waals surface area contributed by atoms with Crippen LogP contribution < -0.4 is 14.4 Å². The van der Waals surface area contributed by atoms with Gasteiger partial charge in [-0.25, -0.2) is 13.1 Å². The van der Waals surface area contributed by atoms with Crippen LogP contribution >= 0.6 is 0 Å². The molecular formula is C21H28N2O3S. The number of hydrogen-bond donors (Lipinski definition) is 1. The monoisotopic (exact) mass is 388 g/mol. The summed E-state index contributed by atoms with van der Waals surface area (Å²) in [4.78, 5) is 2.59. The fraction of sp³-hybridized carbons (Fsp3) is 0.429. The second-order valence-corrected chi connectivity index (χ2v) is 8.63. The summed E-state index contributed by atoms with van der Waals surface area (Å²) in [7, 11) is -3.61. The smallest absolute Gasteiger partial charge is 0.244 e. The lowest BCUT2D eigenvalue weighted by atomic mass is 10.1. The van der Waals surface area contributed by atoms with E-state index in [-0.39, 0.29) is 4.90 Å². The Morgan fingerprint density at radius 1 is 1.07 bits per heavy atom. The molecule has 6 heteroatoms. The molecule has 0 aliphatic carbocycles. The second-order valence-electron chi connectivity index (χ2n) is 6.89. The predicted octanol–water partition coefficient (Wildman–Crippen LogP) is 3.51. The normalized spacial score (nSPS) is 14.5. The Morgan fingerprint density at radius 2 is 1.78 bits per heavy atom. The molecule has 0 spiro atoms. The van der Waals surface area contributed by atoms with Gasteiger partial charge >= 0.3 is 0 Å². The number of anilines is 1. The molecule has 0 saturated carbocycles. The van der Waals surface area contributed by atoms with E-state index in [1.54, 1.807) is 12.1 Å². The molecule has 5 nitrogen and oxygen atoms in total. The maximum absolute atomic E-state index is 12.7. The fourth-order valence-corrected chi connectivity index (χ4v) is 4.62. The molecule has 27 heavy (non-hydrogen) atoms. The van der Waals surface area contributed by atoms with Gasteiger partial charge in [-0.2, -0.15) is 0 Å². The Hall–Kier alpha value is -2.05. The highest BCUT2D eigenvalue weighted by Crippen LogP contribution is 2.25. The van der Waals surface area contributed by atoms with Crippen molar-refractivity contribution in [3.05, 3.63) is 53.6 Å². The molecule has 1 fully saturated rings. The molecular weight excluding hydrogens is 360 g/mol. The summed E-state index contributed by atoms with van der Waals surface area (Å²) >= 11 is 0. The van der Waals surface area contributed by atoms with Gasteiger partial charge < -0.3 is 9.64 Å². The highest BCUT2D eigenvalue weighted by molar-refractivity contribution is 7.89. The molecule has 1 aliphatic rings. The molecule has 0 atom stereocenters. The Kier molecular flexibility index (Phi) is 6.39. The molecule has 0 unspecified atom stereocenters. The van der Waals surface area contributed by atoms with Crippen molar-refractivity contribution in [3.63, 3.8) is 0 Å². The van der Waals surface area contributed by atoms with E-state index < -0.39 is 10.0 Å². The molecule has 3 rings (SSSR count). The number of sulfonamides is 1. The third-order valence-electron chi connectivity index (χ3n) is 4.80. The van der Waals surface area contributed by atoms with Gasteiger partial charge in [0.1, 0.15) is 10.6 Å². The number of nitrogens with zero attached hydrogens (tertiary/aromatic N) is 1. The Morgan fingerprint density at radius 3 is 2.44 bits per heavy atom. The number of aryl methyl sites for hydroxylation is 1. The molecule has 2 aromatic carbocycles. The summed E-state index contributed by atoms with van der Waals surface area (Å²) in [6.07, 6.45) is 3.16. The summed E-state index contributed by atoms with van der Waals surface area (Å²) in [5, 5.41) is 0. The minimum absolute atomic E-state index is 0.203. The van der Waals surface area contributed by atoms with Crippen molar-refractivity contribution in [2.75, 3.05) is 31.1 Å². The van der Waals surface area contributed by atoms with Crippen molar-refractivity contribution in [2.24, 2.45) is 0 Å². The molecule has 1 heterocycles. The highest BCUT2D eigenvalue weighted by Gasteiger charge is 2.19. The summed E-state index contributed by atoms with van der Waals surface area (Å²) in [6, 6.07) is 13.6. The lowest BCUT2D eigenvalue weighted by Gasteiger charge is -2.17. The van der Waals surface area contributed by atoms with Crippen molar-refractivity contribution in [2.45, 2.75) is 38.0 Å². The number of benzene rings is 2. The minimum atomic E-state index is -3.61. The average molecular weight is 389 g/mol. The van der Waals surface area contributed by atoms with Gasteiger partial charge in [0, 0.05) is 25.3 Å². The molecule has 0 radical (unpaired) electrons. The largest absolute Gasteiger partial charge is 0.492 e. The maximum atomic E-state index is 12.7. The number of ether oxygens (including phenoxy) is 1. The van der Waals surface area contributed by atoms with E-state index in [1.807, 2.05) is 19.9 Å². The molecule has 1 saturated heterocycles. The zero-order valence-corrected chi connectivity index (χ0v) is 16.9. The first-order chi connectivity index (χ1) is 13.0. The standard InChI is InChI=1S/C21H28N2O3S/c1-3-26-20-11-6-17(2)16-21(20)27(24,25)22-13-12-18-7-9-19(10-8-18)23-14-4-5-15-23/h6-11,16,22H,3-5,12-15H2,1-2H3. The van der Waals surface area contributed by atoms with E-state index in [2.05, 4.69) is 33.9 Å². The summed E-state index contributed by atoms with van der Waals surface area (Å²) < 4.78 is 33.6. The van der Waals surface area contributed by atoms with Crippen LogP contribution in [0.5, 0.6) is 5.75 Å². The molecule has 0 aromatic heterocycles. The van der Waals surface area contributed by atoms with Gasteiger partial charge in [-0.1, -0.05) is 18.2 Å². The van der Waals surface area contributed by atoms with E-state index in [0.717, 1.165) is 24.2 Å². The van der Waals surface area contributed by atoms with Crippen LogP contribution in [0.15, 0.2) is 47.4 Å². The Labute approximate surface area is 162 Å². The van der Waals surface area contributed by atoms with E-state index in [1.165, 1.54) is 18.5 Å². The van der Waals surface area contributed by atoms with Gasteiger partial charge in [0.2, 0.25) is 10.0 Å². The van der Waals surface area contributed by atoms with Crippen LogP contribution in [0.3, 0.4) is 0 Å². The van der Waals surface area contributed by atoms with Gasteiger partial charge in [-0.05, 0) is 68.5 Å². The van der Waals surface area contributed by atoms with Crippen LogP contribution in [0.1, 0.15) is 30.9 Å². The van der Waals surface area contributed by atoms with Gasteiger partial charge in [0.05, 0.1) is 6.61 Å². The molecule has 1 aliphatic heterocycles. The van der Waals surface area contributed by atoms with Gasteiger partial charge in [0.15, 0.2) is 0 Å². The Bertz CT molecular complexity index is 857. The zero-order chi connectivity index (χ0) is 19.3. The van der Waals surface area contributed by atoms with Crippen LogP contribution in [0, 0.1) is 6.92 Å². The van der Waals surface area contributed by atoms with Crippen LogP contribution in [0.4, 0.5) is 5.69 Å². The second kappa shape index (κ2) is 8.76. The van der Waals surface area contributed by atoms with E-state index >= 15 is 0 Å². The molecule has 0 bridgehead atoms. The van der Waals surface area contributed by atoms with Crippen LogP contribution in [-0.4, -0.2) is 34.7 Å². The molecule has 2 aromatic rings. The predicted molar refractivity (Wildman–Crippen MR) is 109 cm³/mol. The number of nitrogens with one attached hydrogen (secondary N) is 1. The third-order valence-corrected chi connectivity index (χ3v) is 6.28. The van der Waals surface area contributed by atoms with Crippen molar-refractivity contribution in [1.29, 1.82) is 0 Å². The number of rotatable bonds is 8. The van der Waals surface area contributed by atoms with Gasteiger partial charge in [0.25, 0.3) is 0 Å². The minimum Gasteiger partial charge on any atom is -0.492 e. The summed E-state index contributed by atoms with van der Waals surface area (Å²) in [5.74, 6) is 0.394. The number of hydrogen-bond acceptors (Lipinski definition) is 4. The van der Waals surface area contributed by atoms with Crippen LogP contribution in [-0.2, 0) is 16.4 Å². The lowest BCUT2D eigenvalue weighted by Crippen LogP contribution is -2.26. The first-order valence-electron chi connectivity index (χ1n) is 9.56. The van der Waals surface area contributed by atoms with E-state index in [0.29, 0.717) is 25.3 Å². The summed E-state index contributed by atoms with van der Waals surface area (Å²) in [5.41, 5.74) is 3.25. The van der Waals surface area contributed by atoms with Crippen molar-refractivity contribution < 1.29 is 13.2 Å². The molecule has 146 valence electrons. The summed E-state index contributed by atoms with van der Waals surface area (Å²) in [6.45, 7) is 6.74. The van der Waals surface area contributed by atoms with Crippen molar-refractivity contribution >= 4 is 15.7 Å². The third kappa shape index (κ3) is 5.02. The molecule has 0 amide bonds. The highest BCUT2D eigenvalue weighted by atomic mass is 32.2. The fourth-order valence-electron chi connectivity index (χ4n) is 3.36. The maximum Gasteiger partial charge on any atom is 0.244 e. The quantitative estimate of drug-likeness (QED) is 0.752. The first kappa shape index (κ1) is 19.7. The van der Waals surface area contributed by atoms with Crippen LogP contribution in [0.25, 0.3) is 0 Å². The zero-order valence-electron chi connectivity index (χ0n) is 16.1. The average Bonchev–Trinajstić information content (AvgIpc) is 3.18. The topological polar surface area (TPSA) is 58.6 Å². The lowest BCUT2D eigenvalue weighted by molar-refractivity contribution is 0.331. The van der Waals surface area contributed by atoms with Gasteiger partial charge in [-0.15, -0.1) is 0 Å².